The van der Waals surface area contributed by atoms with E-state index in [1.165, 1.54) is 0 Å². The summed E-state index contributed by atoms with van der Waals surface area (Å²) in [6, 6.07) is 0.318. The molecule has 1 saturated heterocycles. The van der Waals surface area contributed by atoms with Gasteiger partial charge in [0.25, 0.3) is 0 Å². The topological polar surface area (TPSA) is 29.1 Å². The lowest BCUT2D eigenvalue weighted by Crippen LogP contribution is -2.29. The summed E-state index contributed by atoms with van der Waals surface area (Å²) in [5.41, 5.74) is 0. The quantitative estimate of drug-likeness (QED) is 0.462. The van der Waals surface area contributed by atoms with Gasteiger partial charge in [-0.2, -0.15) is 0 Å². The zero-order chi connectivity index (χ0) is 8.27. The van der Waals surface area contributed by atoms with E-state index in [4.69, 9.17) is 6.42 Å². The van der Waals surface area contributed by atoms with Crippen molar-refractivity contribution in [3.05, 3.63) is 0 Å². The molecule has 0 aromatic heterocycles. The lowest BCUT2D eigenvalue weighted by atomic mass is 9.94. The number of hydrogen-bond donors (Lipinski definition) is 1. The van der Waals surface area contributed by atoms with E-state index in [0.29, 0.717) is 6.04 Å². The van der Waals surface area contributed by atoms with Crippen LogP contribution in [0.25, 0.3) is 0 Å². The van der Waals surface area contributed by atoms with Gasteiger partial charge in [-0.05, 0) is 25.3 Å². The van der Waals surface area contributed by atoms with Crippen LogP contribution in [-0.2, 0) is 4.79 Å². The van der Waals surface area contributed by atoms with Crippen LogP contribution in [0.15, 0.2) is 0 Å². The summed E-state index contributed by atoms with van der Waals surface area (Å²) in [5.74, 6) is 2.23. The molecule has 0 bridgehead atoms. The number of carbonyl (C=O) groups is 1. The Morgan fingerprint density at radius 3 is 3.09 bits per heavy atom. The molecule has 0 amide bonds. The molecule has 0 radical (unpaired) electrons. The second-order valence-corrected chi connectivity index (χ2v) is 2.87. The van der Waals surface area contributed by atoms with Crippen molar-refractivity contribution in [3.8, 4) is 12.3 Å². The number of nitrogens with one attached hydrogen (secondary N) is 1. The smallest absolute Gasteiger partial charge is 0.209 e. The van der Waals surface area contributed by atoms with E-state index >= 15 is 0 Å². The Balaban J connectivity index is 2.58. The van der Waals surface area contributed by atoms with Gasteiger partial charge in [0.15, 0.2) is 0 Å². The standard InChI is InChI=1S/C9H13NO/c1-3-8-7(5-6-10-8)9(11)4-2/h2,7-8,10H,3,5-6H2,1H3. The van der Waals surface area contributed by atoms with Gasteiger partial charge < -0.3 is 5.32 Å². The number of terminal acetylenes is 1. The van der Waals surface area contributed by atoms with E-state index in [2.05, 4.69) is 18.2 Å². The van der Waals surface area contributed by atoms with Crippen molar-refractivity contribution in [2.75, 3.05) is 6.54 Å². The molecule has 60 valence electrons. The van der Waals surface area contributed by atoms with Crippen LogP contribution >= 0.6 is 0 Å². The van der Waals surface area contributed by atoms with Crippen LogP contribution in [0.1, 0.15) is 19.8 Å². The molecular weight excluding hydrogens is 138 g/mol. The Morgan fingerprint density at radius 1 is 1.82 bits per heavy atom. The molecule has 11 heavy (non-hydrogen) atoms. The zero-order valence-corrected chi connectivity index (χ0v) is 6.76. The fourth-order valence-corrected chi connectivity index (χ4v) is 1.62. The van der Waals surface area contributed by atoms with Crippen LogP contribution in [0, 0.1) is 18.3 Å². The average molecular weight is 151 g/mol. The van der Waals surface area contributed by atoms with Crippen molar-refractivity contribution in [2.24, 2.45) is 5.92 Å². The third-order valence-electron chi connectivity index (χ3n) is 2.27. The van der Waals surface area contributed by atoms with Gasteiger partial charge in [0.2, 0.25) is 5.78 Å². The first kappa shape index (κ1) is 8.29. The summed E-state index contributed by atoms with van der Waals surface area (Å²) in [5, 5.41) is 3.26. The van der Waals surface area contributed by atoms with Crippen LogP contribution in [0.3, 0.4) is 0 Å². The molecule has 2 atom stereocenters. The van der Waals surface area contributed by atoms with Crippen LogP contribution in [0.2, 0.25) is 0 Å². The third kappa shape index (κ3) is 1.61. The first-order valence-electron chi connectivity index (χ1n) is 4.03. The molecule has 0 spiro atoms. The van der Waals surface area contributed by atoms with Crippen LogP contribution in [-0.4, -0.2) is 18.4 Å². The minimum Gasteiger partial charge on any atom is -0.313 e. The van der Waals surface area contributed by atoms with Gasteiger partial charge >= 0.3 is 0 Å². The van der Waals surface area contributed by atoms with E-state index in [-0.39, 0.29) is 11.7 Å². The number of carbonyl (C=O) groups excluding carboxylic acids is 1. The molecule has 0 aliphatic carbocycles. The van der Waals surface area contributed by atoms with Gasteiger partial charge in [-0.3, -0.25) is 4.79 Å². The molecule has 1 N–H and O–H groups in total. The Bertz CT molecular complexity index is 192. The minimum atomic E-state index is -0.0400. The van der Waals surface area contributed by atoms with E-state index < -0.39 is 0 Å². The van der Waals surface area contributed by atoms with Gasteiger partial charge in [-0.25, -0.2) is 0 Å². The highest BCUT2D eigenvalue weighted by atomic mass is 16.1. The van der Waals surface area contributed by atoms with E-state index in [9.17, 15) is 4.79 Å². The van der Waals surface area contributed by atoms with Gasteiger partial charge in [-0.1, -0.05) is 6.92 Å². The maximum atomic E-state index is 11.1. The molecule has 0 saturated carbocycles. The lowest BCUT2D eigenvalue weighted by Gasteiger charge is -2.12. The second-order valence-electron chi connectivity index (χ2n) is 2.87. The Hall–Kier alpha value is -0.810. The maximum Gasteiger partial charge on any atom is 0.209 e. The summed E-state index contributed by atoms with van der Waals surface area (Å²) in [6.07, 6.45) is 6.93. The monoisotopic (exact) mass is 151 g/mol. The number of hydrogen-bond acceptors (Lipinski definition) is 2. The van der Waals surface area contributed by atoms with Crippen molar-refractivity contribution in [2.45, 2.75) is 25.8 Å². The molecule has 0 aromatic carbocycles. The van der Waals surface area contributed by atoms with Crippen molar-refractivity contribution in [3.63, 3.8) is 0 Å². The first-order valence-corrected chi connectivity index (χ1v) is 4.03. The number of Topliss-reactive ketones (excluding diaryl/α,β-unsaturated/α-hetero) is 1. The van der Waals surface area contributed by atoms with Gasteiger partial charge in [0, 0.05) is 12.0 Å². The predicted molar refractivity (Wildman–Crippen MR) is 44.0 cm³/mol. The Kier molecular flexibility index (Phi) is 2.67. The molecule has 1 fully saturated rings. The molecule has 2 heteroatoms. The van der Waals surface area contributed by atoms with E-state index in [1.807, 2.05) is 0 Å². The predicted octanol–water partition coefficient (Wildman–Crippen LogP) is 0.577. The Morgan fingerprint density at radius 2 is 2.55 bits per heavy atom. The Labute approximate surface area is 67.4 Å². The van der Waals surface area contributed by atoms with E-state index in [0.717, 1.165) is 19.4 Å². The molecule has 1 rings (SSSR count). The summed E-state index contributed by atoms with van der Waals surface area (Å²) in [4.78, 5) is 11.1. The minimum absolute atomic E-state index is 0.0400. The van der Waals surface area contributed by atoms with Crippen molar-refractivity contribution < 1.29 is 4.79 Å². The van der Waals surface area contributed by atoms with Gasteiger partial charge in [0.1, 0.15) is 0 Å². The van der Waals surface area contributed by atoms with Crippen LogP contribution in [0.5, 0.6) is 0 Å². The summed E-state index contributed by atoms with van der Waals surface area (Å²) >= 11 is 0. The van der Waals surface area contributed by atoms with Crippen LogP contribution < -0.4 is 5.32 Å². The maximum absolute atomic E-state index is 11.1. The third-order valence-corrected chi connectivity index (χ3v) is 2.27. The molecule has 2 unspecified atom stereocenters. The van der Waals surface area contributed by atoms with Gasteiger partial charge in [0.05, 0.1) is 0 Å². The average Bonchev–Trinajstić information content (AvgIpc) is 2.50. The normalized spacial score (nSPS) is 29.8. The van der Waals surface area contributed by atoms with Crippen molar-refractivity contribution >= 4 is 5.78 Å². The highest BCUT2D eigenvalue weighted by Crippen LogP contribution is 2.18. The molecule has 0 aromatic rings. The fraction of sp³-hybridized carbons (Fsp3) is 0.667. The lowest BCUT2D eigenvalue weighted by molar-refractivity contribution is -0.117. The van der Waals surface area contributed by atoms with Crippen molar-refractivity contribution in [1.29, 1.82) is 0 Å². The molecule has 1 aliphatic rings. The zero-order valence-electron chi connectivity index (χ0n) is 6.76. The fourth-order valence-electron chi connectivity index (χ4n) is 1.62. The van der Waals surface area contributed by atoms with E-state index in [1.54, 1.807) is 0 Å². The second kappa shape index (κ2) is 3.54. The number of rotatable bonds is 2. The SMILES string of the molecule is C#CC(=O)C1CCNC1CC. The summed E-state index contributed by atoms with van der Waals surface area (Å²) < 4.78 is 0. The number of ketones is 1. The summed E-state index contributed by atoms with van der Waals surface area (Å²) in [7, 11) is 0. The highest BCUT2D eigenvalue weighted by Gasteiger charge is 2.29. The largest absolute Gasteiger partial charge is 0.313 e. The van der Waals surface area contributed by atoms with Crippen LogP contribution in [0.4, 0.5) is 0 Å². The van der Waals surface area contributed by atoms with Crippen molar-refractivity contribution in [1.82, 2.24) is 5.32 Å². The highest BCUT2D eigenvalue weighted by molar-refractivity contribution is 5.97. The summed E-state index contributed by atoms with van der Waals surface area (Å²) in [6.45, 7) is 3.00. The molecule has 1 aliphatic heterocycles. The molecule has 1 heterocycles. The molecular formula is C9H13NO. The first-order chi connectivity index (χ1) is 5.29. The van der Waals surface area contributed by atoms with Gasteiger partial charge in [-0.15, -0.1) is 6.42 Å². The molecule has 2 nitrogen and oxygen atoms in total.